The van der Waals surface area contributed by atoms with Crippen molar-refractivity contribution in [1.29, 1.82) is 5.26 Å². The third kappa shape index (κ3) is 2.54. The number of amides is 1. The lowest BCUT2D eigenvalue weighted by Gasteiger charge is -2.05. The van der Waals surface area contributed by atoms with Crippen LogP contribution < -0.4 is 5.32 Å². The standard InChI is InChI=1S/C17H14N4O/c1-21-15-5-3-2-4-14(15)20-16(21)11-19-17(22)13-8-6-12(10-18)7-9-13/h2-9H,11H2,1H3,(H,19,22). The van der Waals surface area contributed by atoms with Gasteiger partial charge in [0.1, 0.15) is 5.82 Å². The number of nitrogens with zero attached hydrogens (tertiary/aromatic N) is 3. The maximum Gasteiger partial charge on any atom is 0.251 e. The van der Waals surface area contributed by atoms with E-state index >= 15 is 0 Å². The summed E-state index contributed by atoms with van der Waals surface area (Å²) < 4.78 is 1.97. The van der Waals surface area contributed by atoms with Crippen LogP contribution in [0.2, 0.25) is 0 Å². The molecule has 5 heteroatoms. The van der Waals surface area contributed by atoms with Crippen LogP contribution in [0.1, 0.15) is 21.7 Å². The van der Waals surface area contributed by atoms with Gasteiger partial charge in [0.15, 0.2) is 0 Å². The molecule has 108 valence electrons. The predicted octanol–water partition coefficient (Wildman–Crippen LogP) is 2.37. The molecule has 1 N–H and O–H groups in total. The van der Waals surface area contributed by atoms with Gasteiger partial charge in [0.05, 0.1) is 29.2 Å². The quantitative estimate of drug-likeness (QED) is 0.805. The van der Waals surface area contributed by atoms with E-state index in [0.29, 0.717) is 17.7 Å². The van der Waals surface area contributed by atoms with Gasteiger partial charge in [0, 0.05) is 12.6 Å². The lowest BCUT2D eigenvalue weighted by Crippen LogP contribution is -2.24. The summed E-state index contributed by atoms with van der Waals surface area (Å²) in [6, 6.07) is 16.4. The first-order chi connectivity index (χ1) is 10.7. The van der Waals surface area contributed by atoms with Crippen molar-refractivity contribution in [3.05, 3.63) is 65.5 Å². The van der Waals surface area contributed by atoms with E-state index in [1.54, 1.807) is 24.3 Å². The highest BCUT2D eigenvalue weighted by atomic mass is 16.1. The summed E-state index contributed by atoms with van der Waals surface area (Å²) in [5, 5.41) is 11.6. The Morgan fingerprint density at radius 1 is 1.23 bits per heavy atom. The van der Waals surface area contributed by atoms with Gasteiger partial charge in [-0.05, 0) is 36.4 Å². The Morgan fingerprint density at radius 3 is 2.64 bits per heavy atom. The summed E-state index contributed by atoms with van der Waals surface area (Å²) in [5.74, 6) is 0.611. The van der Waals surface area contributed by atoms with Crippen molar-refractivity contribution >= 4 is 16.9 Å². The summed E-state index contributed by atoms with van der Waals surface area (Å²) in [4.78, 5) is 16.6. The minimum absolute atomic E-state index is 0.184. The Hall–Kier alpha value is -3.13. The number of rotatable bonds is 3. The first kappa shape index (κ1) is 13.8. The molecule has 3 aromatic rings. The zero-order valence-electron chi connectivity index (χ0n) is 12.1. The summed E-state index contributed by atoms with van der Waals surface area (Å²) in [6.07, 6.45) is 0. The molecule has 0 unspecified atom stereocenters. The number of carbonyl (C=O) groups excluding carboxylic acids is 1. The summed E-state index contributed by atoms with van der Waals surface area (Å²) in [5.41, 5.74) is 3.00. The van der Waals surface area contributed by atoms with Crippen LogP contribution >= 0.6 is 0 Å². The number of aryl methyl sites for hydroxylation is 1. The lowest BCUT2D eigenvalue weighted by molar-refractivity contribution is 0.0949. The van der Waals surface area contributed by atoms with Crippen LogP contribution in [-0.4, -0.2) is 15.5 Å². The van der Waals surface area contributed by atoms with Crippen LogP contribution in [0.4, 0.5) is 0 Å². The summed E-state index contributed by atoms with van der Waals surface area (Å²) in [6.45, 7) is 0.351. The smallest absolute Gasteiger partial charge is 0.251 e. The largest absolute Gasteiger partial charge is 0.345 e. The second-order valence-electron chi connectivity index (χ2n) is 4.95. The van der Waals surface area contributed by atoms with Gasteiger partial charge in [-0.25, -0.2) is 4.98 Å². The predicted molar refractivity (Wildman–Crippen MR) is 83.0 cm³/mol. The maximum atomic E-state index is 12.1. The van der Waals surface area contributed by atoms with E-state index < -0.39 is 0 Å². The van der Waals surface area contributed by atoms with Gasteiger partial charge in [0.2, 0.25) is 0 Å². The number of nitriles is 1. The normalized spacial score (nSPS) is 10.4. The third-order valence-corrected chi connectivity index (χ3v) is 3.56. The first-order valence-corrected chi connectivity index (χ1v) is 6.88. The number of aromatic nitrogens is 2. The van der Waals surface area contributed by atoms with E-state index in [1.807, 2.05) is 41.9 Å². The fourth-order valence-electron chi connectivity index (χ4n) is 2.31. The fraction of sp³-hybridized carbons (Fsp3) is 0.118. The van der Waals surface area contributed by atoms with E-state index in [1.165, 1.54) is 0 Å². The second-order valence-corrected chi connectivity index (χ2v) is 4.95. The van der Waals surface area contributed by atoms with Crippen LogP contribution in [-0.2, 0) is 13.6 Å². The molecule has 0 spiro atoms. The Kier molecular flexibility index (Phi) is 3.58. The van der Waals surface area contributed by atoms with Crippen molar-refractivity contribution in [2.75, 3.05) is 0 Å². The van der Waals surface area contributed by atoms with Gasteiger partial charge in [0.25, 0.3) is 5.91 Å². The Balaban J connectivity index is 1.74. The summed E-state index contributed by atoms with van der Waals surface area (Å²) >= 11 is 0. The first-order valence-electron chi connectivity index (χ1n) is 6.88. The molecule has 0 saturated carbocycles. The van der Waals surface area contributed by atoms with E-state index in [-0.39, 0.29) is 5.91 Å². The van der Waals surface area contributed by atoms with E-state index in [0.717, 1.165) is 16.9 Å². The van der Waals surface area contributed by atoms with E-state index in [9.17, 15) is 4.79 Å². The van der Waals surface area contributed by atoms with Gasteiger partial charge >= 0.3 is 0 Å². The number of fused-ring (bicyclic) bond motifs is 1. The Bertz CT molecular complexity index is 872. The van der Waals surface area contributed by atoms with Crippen molar-refractivity contribution < 1.29 is 4.79 Å². The summed E-state index contributed by atoms with van der Waals surface area (Å²) in [7, 11) is 1.93. The van der Waals surface area contributed by atoms with Crippen molar-refractivity contribution in [3.63, 3.8) is 0 Å². The third-order valence-electron chi connectivity index (χ3n) is 3.56. The molecule has 1 heterocycles. The Labute approximate surface area is 127 Å². The molecule has 3 rings (SSSR count). The number of imidazole rings is 1. The molecule has 22 heavy (non-hydrogen) atoms. The highest BCUT2D eigenvalue weighted by molar-refractivity contribution is 5.94. The zero-order chi connectivity index (χ0) is 15.5. The minimum atomic E-state index is -0.184. The monoisotopic (exact) mass is 290 g/mol. The van der Waals surface area contributed by atoms with Gasteiger partial charge in [-0.2, -0.15) is 5.26 Å². The molecule has 0 fully saturated rings. The molecule has 0 aliphatic heterocycles. The molecule has 1 aromatic heterocycles. The van der Waals surface area contributed by atoms with Crippen LogP contribution in [0.15, 0.2) is 48.5 Å². The second kappa shape index (κ2) is 5.70. The van der Waals surface area contributed by atoms with Crippen molar-refractivity contribution in [1.82, 2.24) is 14.9 Å². The van der Waals surface area contributed by atoms with Gasteiger partial charge in [-0.15, -0.1) is 0 Å². The molecule has 5 nitrogen and oxygen atoms in total. The number of para-hydroxylation sites is 2. The van der Waals surface area contributed by atoms with Crippen LogP contribution in [0.5, 0.6) is 0 Å². The maximum absolute atomic E-state index is 12.1. The van der Waals surface area contributed by atoms with Gasteiger partial charge in [-0.3, -0.25) is 4.79 Å². The minimum Gasteiger partial charge on any atom is -0.345 e. The molecule has 2 aromatic carbocycles. The molecule has 0 atom stereocenters. The average Bonchev–Trinajstić information content (AvgIpc) is 2.89. The Morgan fingerprint density at radius 2 is 1.95 bits per heavy atom. The lowest BCUT2D eigenvalue weighted by atomic mass is 10.1. The zero-order valence-corrected chi connectivity index (χ0v) is 12.1. The molecular weight excluding hydrogens is 276 g/mol. The molecule has 0 radical (unpaired) electrons. The van der Waals surface area contributed by atoms with E-state index in [4.69, 9.17) is 5.26 Å². The highest BCUT2D eigenvalue weighted by Crippen LogP contribution is 2.14. The van der Waals surface area contributed by atoms with Gasteiger partial charge in [-0.1, -0.05) is 12.1 Å². The number of hydrogen-bond donors (Lipinski definition) is 1. The van der Waals surface area contributed by atoms with Crippen molar-refractivity contribution in [2.45, 2.75) is 6.54 Å². The van der Waals surface area contributed by atoms with Crippen LogP contribution in [0, 0.1) is 11.3 Å². The van der Waals surface area contributed by atoms with Crippen molar-refractivity contribution in [3.8, 4) is 6.07 Å². The number of hydrogen-bond acceptors (Lipinski definition) is 3. The number of nitrogens with one attached hydrogen (secondary N) is 1. The van der Waals surface area contributed by atoms with Crippen LogP contribution in [0.3, 0.4) is 0 Å². The van der Waals surface area contributed by atoms with Gasteiger partial charge < -0.3 is 9.88 Å². The average molecular weight is 290 g/mol. The fourth-order valence-corrected chi connectivity index (χ4v) is 2.31. The van der Waals surface area contributed by atoms with E-state index in [2.05, 4.69) is 10.3 Å². The SMILES string of the molecule is Cn1c(CNC(=O)c2ccc(C#N)cc2)nc2ccccc21. The highest BCUT2D eigenvalue weighted by Gasteiger charge is 2.10. The molecule has 0 bridgehead atoms. The number of carbonyl (C=O) groups is 1. The molecule has 0 aliphatic carbocycles. The molecule has 0 aliphatic rings. The topological polar surface area (TPSA) is 70.7 Å². The van der Waals surface area contributed by atoms with Crippen LogP contribution in [0.25, 0.3) is 11.0 Å². The molecule has 1 amide bonds. The molecular formula is C17H14N4O. The molecule has 0 saturated heterocycles. The number of benzene rings is 2. The van der Waals surface area contributed by atoms with Crippen molar-refractivity contribution in [2.24, 2.45) is 7.05 Å².